The van der Waals surface area contributed by atoms with E-state index in [0.29, 0.717) is 16.3 Å². The second-order valence-corrected chi connectivity index (χ2v) is 11.1. The molecule has 1 fully saturated rings. The molecule has 232 valence electrons. The van der Waals surface area contributed by atoms with Gasteiger partial charge in [0.2, 0.25) is 0 Å². The number of amides is 1. The fraction of sp³-hybridized carbons (Fsp3) is 0.333. The van der Waals surface area contributed by atoms with Gasteiger partial charge in [0.25, 0.3) is 5.91 Å². The van der Waals surface area contributed by atoms with Gasteiger partial charge < -0.3 is 23.7 Å². The summed E-state index contributed by atoms with van der Waals surface area (Å²) in [4.78, 5) is 67.8. The minimum Gasteiger partial charge on any atom is -0.463 e. The number of amidine groups is 1. The van der Waals surface area contributed by atoms with Crippen molar-refractivity contribution >= 4 is 70.1 Å². The number of benzene rings is 2. The lowest BCUT2D eigenvalue weighted by Crippen LogP contribution is -2.61. The van der Waals surface area contributed by atoms with Crippen molar-refractivity contribution in [1.82, 2.24) is 0 Å². The van der Waals surface area contributed by atoms with Gasteiger partial charge in [-0.15, -0.1) is 0 Å². The Morgan fingerprint density at radius 2 is 1.45 bits per heavy atom. The number of hydrogen-bond donors (Lipinski definition) is 0. The maximum atomic E-state index is 13.7. The summed E-state index contributed by atoms with van der Waals surface area (Å²) >= 11 is 7.24. The molecule has 0 aromatic heterocycles. The molecule has 12 nitrogen and oxygen atoms in total. The number of carbonyl (C=O) groups excluding carboxylic acids is 5. The largest absolute Gasteiger partial charge is 0.463 e. The molecule has 2 aliphatic heterocycles. The van der Waals surface area contributed by atoms with Crippen LogP contribution in [0.15, 0.2) is 65.3 Å². The van der Waals surface area contributed by atoms with Crippen LogP contribution in [0, 0.1) is 0 Å². The maximum Gasteiger partial charge on any atom is 0.303 e. The van der Waals surface area contributed by atoms with Crippen LogP contribution >= 0.6 is 23.4 Å². The van der Waals surface area contributed by atoms with E-state index < -0.39 is 59.6 Å². The Kier molecular flexibility index (Phi) is 10.8. The number of hydrogen-bond acceptors (Lipinski definition) is 12. The van der Waals surface area contributed by atoms with Crippen molar-refractivity contribution in [3.63, 3.8) is 0 Å². The van der Waals surface area contributed by atoms with Crippen LogP contribution < -0.4 is 4.90 Å². The van der Waals surface area contributed by atoms with Gasteiger partial charge in [-0.25, -0.2) is 4.99 Å². The van der Waals surface area contributed by atoms with Gasteiger partial charge in [-0.2, -0.15) is 0 Å². The number of nitrogens with zero attached hydrogens (tertiary/aromatic N) is 2. The minimum atomic E-state index is -1.37. The van der Waals surface area contributed by atoms with E-state index in [-0.39, 0.29) is 17.5 Å². The molecule has 14 heteroatoms. The average molecular weight is 645 g/mol. The Morgan fingerprint density at radius 1 is 0.864 bits per heavy atom. The third-order valence-corrected chi connectivity index (χ3v) is 7.65. The fourth-order valence-electron chi connectivity index (χ4n) is 4.51. The molecular weight excluding hydrogens is 616 g/mol. The van der Waals surface area contributed by atoms with Gasteiger partial charge in [-0.3, -0.25) is 28.9 Å². The summed E-state index contributed by atoms with van der Waals surface area (Å²) in [5.74, 6) is -3.35. The zero-order chi connectivity index (χ0) is 32.0. The molecule has 44 heavy (non-hydrogen) atoms. The van der Waals surface area contributed by atoms with Gasteiger partial charge in [0.05, 0.1) is 5.69 Å². The fourth-order valence-corrected chi connectivity index (χ4v) is 5.89. The lowest BCUT2D eigenvalue weighted by atomic mass is 9.99. The number of esters is 4. The predicted octanol–water partition coefficient (Wildman–Crippen LogP) is 3.90. The molecule has 0 aliphatic carbocycles. The van der Waals surface area contributed by atoms with Crippen molar-refractivity contribution in [1.29, 1.82) is 0 Å². The van der Waals surface area contributed by atoms with Crippen LogP contribution in [0.25, 0.3) is 6.08 Å². The molecular formula is C30H29ClN2O10S. The van der Waals surface area contributed by atoms with Crippen LogP contribution in [0.5, 0.6) is 0 Å². The Hall–Kier alpha value is -4.20. The second-order valence-electron chi connectivity index (χ2n) is 9.61. The summed E-state index contributed by atoms with van der Waals surface area (Å²) in [7, 11) is 0. The molecule has 1 saturated heterocycles. The Bertz CT molecular complexity index is 1500. The third-order valence-electron chi connectivity index (χ3n) is 6.21. The average Bonchev–Trinajstić information content (AvgIpc) is 3.25. The van der Waals surface area contributed by atoms with Gasteiger partial charge in [0, 0.05) is 32.7 Å². The first-order chi connectivity index (χ1) is 20.9. The van der Waals surface area contributed by atoms with Gasteiger partial charge in [0.1, 0.15) is 18.4 Å². The van der Waals surface area contributed by atoms with Crippen molar-refractivity contribution in [2.75, 3.05) is 11.5 Å². The zero-order valence-electron chi connectivity index (χ0n) is 24.1. The molecule has 0 saturated carbocycles. The normalized spacial score (nSPS) is 24.0. The highest BCUT2D eigenvalue weighted by Gasteiger charge is 2.53. The van der Waals surface area contributed by atoms with Gasteiger partial charge >= 0.3 is 23.9 Å². The summed E-state index contributed by atoms with van der Waals surface area (Å²) in [6, 6.07) is 15.6. The number of aliphatic imine (C=N–C) groups is 1. The van der Waals surface area contributed by atoms with E-state index >= 15 is 0 Å². The molecule has 2 aromatic carbocycles. The van der Waals surface area contributed by atoms with Gasteiger partial charge in [-0.1, -0.05) is 59.8 Å². The minimum absolute atomic E-state index is 0.0649. The molecule has 5 atom stereocenters. The monoisotopic (exact) mass is 644 g/mol. The van der Waals surface area contributed by atoms with E-state index in [1.807, 2.05) is 0 Å². The van der Waals surface area contributed by atoms with Crippen molar-refractivity contribution in [3.8, 4) is 0 Å². The van der Waals surface area contributed by atoms with E-state index in [9.17, 15) is 24.0 Å². The van der Waals surface area contributed by atoms with Crippen molar-refractivity contribution in [2.45, 2.75) is 57.5 Å². The summed E-state index contributed by atoms with van der Waals surface area (Å²) in [5, 5.41) is 0.551. The molecule has 0 spiro atoms. The summed E-state index contributed by atoms with van der Waals surface area (Å²) in [6.07, 6.45) is -3.64. The first-order valence-electron chi connectivity index (χ1n) is 13.4. The molecule has 2 aromatic rings. The lowest BCUT2D eigenvalue weighted by Gasteiger charge is -2.44. The van der Waals surface area contributed by atoms with Crippen LogP contribution in [-0.4, -0.2) is 71.4 Å². The van der Waals surface area contributed by atoms with Gasteiger partial charge in [-0.05, 0) is 29.8 Å². The molecule has 0 N–H and O–H groups in total. The topological polar surface area (TPSA) is 147 Å². The van der Waals surface area contributed by atoms with Crippen LogP contribution in [0.2, 0.25) is 5.02 Å². The highest BCUT2D eigenvalue weighted by atomic mass is 35.5. The molecule has 2 aliphatic rings. The van der Waals surface area contributed by atoms with E-state index in [4.69, 9.17) is 35.3 Å². The number of carbonyl (C=O) groups is 5. The molecule has 4 rings (SSSR count). The number of thioether (sulfide) groups is 1. The van der Waals surface area contributed by atoms with E-state index in [2.05, 4.69) is 4.99 Å². The molecule has 0 bridgehead atoms. The quantitative estimate of drug-likeness (QED) is 0.234. The Morgan fingerprint density at radius 3 is 2.07 bits per heavy atom. The molecule has 2 heterocycles. The highest BCUT2D eigenvalue weighted by Crippen LogP contribution is 2.39. The number of para-hydroxylation sites is 1. The van der Waals surface area contributed by atoms with Crippen LogP contribution in [0.1, 0.15) is 33.3 Å². The van der Waals surface area contributed by atoms with E-state index in [1.165, 1.54) is 11.8 Å². The molecule has 0 radical (unpaired) electrons. The number of ether oxygens (including phenoxy) is 5. The van der Waals surface area contributed by atoms with Crippen LogP contribution in [0.3, 0.4) is 0 Å². The molecule has 0 unspecified atom stereocenters. The molecule has 1 amide bonds. The summed E-state index contributed by atoms with van der Waals surface area (Å²) < 4.78 is 27.9. The van der Waals surface area contributed by atoms with Crippen molar-refractivity contribution < 1.29 is 47.7 Å². The van der Waals surface area contributed by atoms with E-state index in [0.717, 1.165) is 32.5 Å². The third kappa shape index (κ3) is 8.04. The first-order valence-corrected chi connectivity index (χ1v) is 14.6. The number of rotatable bonds is 8. The number of anilines is 1. The SMILES string of the molecule is CC(=O)OC[C@@H]1O[C@H](SC2=N/C(=C\c3ccccc3Cl)C(=O)N2c2ccccc2)[C@H](OC(C)=O)[C@H](OC(C)=O)[C@H]1OC(C)=O. The van der Waals surface area contributed by atoms with Crippen molar-refractivity contribution in [3.05, 3.63) is 70.9 Å². The van der Waals surface area contributed by atoms with Crippen LogP contribution in [0.4, 0.5) is 5.69 Å². The van der Waals surface area contributed by atoms with Crippen molar-refractivity contribution in [2.24, 2.45) is 4.99 Å². The first kappa shape index (κ1) is 32.7. The standard InChI is InChI=1S/C30H29ClN2O10S/c1-16(34)39-15-24-25(40-17(2)35)26(41-18(3)36)27(42-19(4)37)29(43-24)44-30-32-23(14-20-10-8-9-13-22(20)31)28(38)33(30)21-11-6-5-7-12-21/h5-14,24-27,29H,15H2,1-4H3/b23-14-/t24-,25-,26+,27+,29+/m0/s1. The maximum absolute atomic E-state index is 13.7. The Labute approximate surface area is 262 Å². The van der Waals surface area contributed by atoms with Gasteiger partial charge in [0.15, 0.2) is 28.9 Å². The lowest BCUT2D eigenvalue weighted by molar-refractivity contribution is -0.237. The Balaban J connectivity index is 1.79. The summed E-state index contributed by atoms with van der Waals surface area (Å²) in [5.41, 5.74) is -0.0760. The second kappa shape index (κ2) is 14.5. The highest BCUT2D eigenvalue weighted by molar-refractivity contribution is 8.14. The van der Waals surface area contributed by atoms with Crippen LogP contribution in [-0.2, 0) is 47.7 Å². The predicted molar refractivity (Wildman–Crippen MR) is 160 cm³/mol. The summed E-state index contributed by atoms with van der Waals surface area (Å²) in [6.45, 7) is 4.22. The van der Waals surface area contributed by atoms with E-state index in [1.54, 1.807) is 60.7 Å². The smallest absolute Gasteiger partial charge is 0.303 e. The number of halogens is 1. The zero-order valence-corrected chi connectivity index (χ0v) is 25.7.